The molecule has 5 aliphatic rings. The highest BCUT2D eigenvalue weighted by Crippen LogP contribution is 2.62. The maximum absolute atomic E-state index is 2.78. The normalized spacial score (nSPS) is 21.4. The van der Waals surface area contributed by atoms with E-state index in [9.17, 15) is 0 Å². The summed E-state index contributed by atoms with van der Waals surface area (Å²) in [6.45, 7) is 10.1. The van der Waals surface area contributed by atoms with Crippen LogP contribution in [0.3, 0.4) is 0 Å². The molecule has 0 bridgehead atoms. The van der Waals surface area contributed by atoms with Crippen molar-refractivity contribution in [2.45, 2.75) is 69.7 Å². The highest BCUT2D eigenvalue weighted by Gasteiger charge is 2.58. The van der Waals surface area contributed by atoms with Crippen molar-refractivity contribution in [1.82, 2.24) is 0 Å². The fourth-order valence-electron chi connectivity index (χ4n) is 12.7. The Balaban J connectivity index is 1.17. The van der Waals surface area contributed by atoms with Gasteiger partial charge in [0.1, 0.15) is 0 Å². The Bertz CT molecular complexity index is 2970. The molecule has 284 valence electrons. The van der Waals surface area contributed by atoms with Crippen LogP contribution in [0, 0.1) is 0 Å². The number of rotatable bonds is 3. The average Bonchev–Trinajstić information content (AvgIpc) is 3.48. The van der Waals surface area contributed by atoms with Crippen LogP contribution >= 0.6 is 0 Å². The topological polar surface area (TPSA) is 9.72 Å². The predicted molar refractivity (Wildman–Crippen MR) is 250 cm³/mol. The number of para-hydroxylation sites is 1. The van der Waals surface area contributed by atoms with Crippen LogP contribution in [0.5, 0.6) is 0 Å². The SMILES string of the molecule is CC1(C)c2cccc3c2B2c4c(cc(N5c6ccccc6C6(C)CCCCC56C)cc4N(c4ccc5ccccc5c4)c4cccc1c42)N3c1ccc2ccccc2c1. The van der Waals surface area contributed by atoms with Crippen molar-refractivity contribution in [1.29, 1.82) is 0 Å². The lowest BCUT2D eigenvalue weighted by Gasteiger charge is -2.52. The minimum Gasteiger partial charge on any atom is -0.334 e. The minimum atomic E-state index is -0.189. The smallest absolute Gasteiger partial charge is 0.252 e. The molecule has 1 saturated carbocycles. The lowest BCUT2D eigenvalue weighted by atomic mass is 9.28. The van der Waals surface area contributed by atoms with Gasteiger partial charge in [-0.05, 0) is 129 Å². The standard InChI is InChI=1S/C55H46BN3/c1-53(2)43-20-13-23-46-50(43)56-51-44(53)21-14-24-47(51)58(40-28-26-36-16-6-8-18-38(36)32-40)49-34-41(59-45-22-10-9-19-42(45)54(3)29-11-12-30-55(54,59)4)33-48(52(49)56)57(46)39-27-25-35-15-5-7-17-37(35)31-39/h5-10,13-28,31-34H,11-12,29-30H2,1-4H3. The second-order valence-electron chi connectivity index (χ2n) is 18.8. The van der Waals surface area contributed by atoms with Crippen LogP contribution in [-0.4, -0.2) is 12.3 Å². The first-order valence-corrected chi connectivity index (χ1v) is 21.7. The highest BCUT2D eigenvalue weighted by molar-refractivity contribution is 7.01. The molecule has 13 rings (SSSR count). The average molecular weight is 760 g/mol. The van der Waals surface area contributed by atoms with Crippen LogP contribution in [0.4, 0.5) is 45.5 Å². The Morgan fingerprint density at radius 2 is 0.898 bits per heavy atom. The van der Waals surface area contributed by atoms with Crippen LogP contribution in [0.25, 0.3) is 21.5 Å². The second kappa shape index (κ2) is 11.5. The van der Waals surface area contributed by atoms with Crippen molar-refractivity contribution in [2.75, 3.05) is 14.7 Å². The highest BCUT2D eigenvalue weighted by atomic mass is 15.3. The van der Waals surface area contributed by atoms with Crippen molar-refractivity contribution in [3.63, 3.8) is 0 Å². The van der Waals surface area contributed by atoms with Crippen LogP contribution in [0.2, 0.25) is 0 Å². The minimum absolute atomic E-state index is 0.0446. The summed E-state index contributed by atoms with van der Waals surface area (Å²) in [5.41, 5.74) is 18.6. The van der Waals surface area contributed by atoms with Crippen LogP contribution in [-0.2, 0) is 10.8 Å². The molecule has 59 heavy (non-hydrogen) atoms. The van der Waals surface area contributed by atoms with E-state index in [1.54, 1.807) is 0 Å². The Hall–Kier alpha value is -6.26. The zero-order valence-corrected chi connectivity index (χ0v) is 34.3. The molecule has 0 saturated heterocycles. The van der Waals surface area contributed by atoms with E-state index in [0.29, 0.717) is 0 Å². The molecule has 2 atom stereocenters. The molecule has 4 aliphatic heterocycles. The van der Waals surface area contributed by atoms with Gasteiger partial charge in [-0.15, -0.1) is 0 Å². The molecule has 4 heterocycles. The molecular weight excluding hydrogens is 713 g/mol. The Labute approximate surface area is 347 Å². The van der Waals surface area contributed by atoms with Crippen molar-refractivity contribution in [3.05, 3.63) is 174 Å². The molecule has 0 radical (unpaired) electrons. The maximum Gasteiger partial charge on any atom is 0.252 e. The van der Waals surface area contributed by atoms with E-state index < -0.39 is 0 Å². The van der Waals surface area contributed by atoms with Crippen LogP contribution in [0.15, 0.2) is 158 Å². The number of anilines is 8. The first-order valence-electron chi connectivity index (χ1n) is 21.7. The summed E-state index contributed by atoms with van der Waals surface area (Å²) < 4.78 is 0. The van der Waals surface area contributed by atoms with E-state index in [-0.39, 0.29) is 23.1 Å². The fraction of sp³-hybridized carbons (Fsp3) is 0.200. The lowest BCUT2D eigenvalue weighted by molar-refractivity contribution is 0.195. The zero-order valence-electron chi connectivity index (χ0n) is 34.3. The largest absolute Gasteiger partial charge is 0.334 e. The summed E-state index contributed by atoms with van der Waals surface area (Å²) in [4.78, 5) is 8.03. The summed E-state index contributed by atoms with van der Waals surface area (Å²) >= 11 is 0. The summed E-state index contributed by atoms with van der Waals surface area (Å²) in [6.07, 6.45) is 4.87. The Morgan fingerprint density at radius 3 is 1.49 bits per heavy atom. The Morgan fingerprint density at radius 1 is 0.407 bits per heavy atom. The quantitative estimate of drug-likeness (QED) is 0.166. The third-order valence-corrected chi connectivity index (χ3v) is 15.7. The third-order valence-electron chi connectivity index (χ3n) is 15.7. The van der Waals surface area contributed by atoms with Gasteiger partial charge in [-0.2, -0.15) is 0 Å². The molecular formula is C55H46BN3. The van der Waals surface area contributed by atoms with Gasteiger partial charge in [0.15, 0.2) is 0 Å². The molecule has 4 heteroatoms. The zero-order chi connectivity index (χ0) is 39.4. The summed E-state index contributed by atoms with van der Waals surface area (Å²) in [6, 6.07) is 60.5. The Kier molecular flexibility index (Phi) is 6.55. The van der Waals surface area contributed by atoms with Gasteiger partial charge in [-0.25, -0.2) is 0 Å². The maximum atomic E-state index is 2.78. The van der Waals surface area contributed by atoms with Crippen molar-refractivity contribution in [3.8, 4) is 0 Å². The molecule has 2 unspecified atom stereocenters. The fourth-order valence-corrected chi connectivity index (χ4v) is 12.7. The first-order chi connectivity index (χ1) is 28.8. The first kappa shape index (κ1) is 33.7. The summed E-state index contributed by atoms with van der Waals surface area (Å²) in [5.74, 6) is 0. The number of hydrogen-bond donors (Lipinski definition) is 0. The van der Waals surface area contributed by atoms with Crippen molar-refractivity contribution in [2.24, 2.45) is 0 Å². The number of nitrogens with zero attached hydrogens (tertiary/aromatic N) is 3. The number of benzene rings is 8. The molecule has 3 nitrogen and oxygen atoms in total. The van der Waals surface area contributed by atoms with E-state index >= 15 is 0 Å². The predicted octanol–water partition coefficient (Wildman–Crippen LogP) is 12.5. The molecule has 0 N–H and O–H groups in total. The molecule has 0 amide bonds. The lowest BCUT2D eigenvalue weighted by Crippen LogP contribution is -2.67. The molecule has 8 aromatic rings. The van der Waals surface area contributed by atoms with Gasteiger partial charge in [0.05, 0.1) is 5.54 Å². The van der Waals surface area contributed by atoms with Gasteiger partial charge in [0.25, 0.3) is 6.71 Å². The molecule has 0 spiro atoms. The number of hydrogen-bond acceptors (Lipinski definition) is 3. The van der Waals surface area contributed by atoms with E-state index in [4.69, 9.17) is 0 Å². The number of fused-ring (bicyclic) bond motifs is 5. The van der Waals surface area contributed by atoms with E-state index in [1.165, 1.54) is 119 Å². The van der Waals surface area contributed by atoms with Gasteiger partial charge in [-0.3, -0.25) is 0 Å². The van der Waals surface area contributed by atoms with Gasteiger partial charge in [0, 0.05) is 56.3 Å². The van der Waals surface area contributed by atoms with E-state index in [0.717, 1.165) is 6.42 Å². The molecule has 8 aromatic carbocycles. The van der Waals surface area contributed by atoms with Gasteiger partial charge in [-0.1, -0.05) is 137 Å². The van der Waals surface area contributed by atoms with Gasteiger partial charge >= 0.3 is 0 Å². The third kappa shape index (κ3) is 4.19. The van der Waals surface area contributed by atoms with Gasteiger partial charge < -0.3 is 14.7 Å². The van der Waals surface area contributed by atoms with Crippen molar-refractivity contribution >= 4 is 90.1 Å². The molecule has 1 fully saturated rings. The summed E-state index contributed by atoms with van der Waals surface area (Å²) in [5, 5.41) is 5.04. The van der Waals surface area contributed by atoms with E-state index in [1.807, 2.05) is 0 Å². The van der Waals surface area contributed by atoms with Crippen LogP contribution < -0.4 is 31.1 Å². The summed E-state index contributed by atoms with van der Waals surface area (Å²) in [7, 11) is 0. The van der Waals surface area contributed by atoms with Crippen LogP contribution in [0.1, 0.15) is 70.1 Å². The molecule has 1 aliphatic carbocycles. The second-order valence-corrected chi connectivity index (χ2v) is 18.8. The molecule has 0 aromatic heterocycles. The van der Waals surface area contributed by atoms with Gasteiger partial charge in [0.2, 0.25) is 0 Å². The van der Waals surface area contributed by atoms with E-state index in [2.05, 4.69) is 200 Å². The monoisotopic (exact) mass is 759 g/mol. The van der Waals surface area contributed by atoms with Crippen molar-refractivity contribution < 1.29 is 0 Å².